The van der Waals surface area contributed by atoms with Crippen LogP contribution in [-0.4, -0.2) is 31.1 Å². The molecular formula is C12H17ClN2. The molecule has 1 aliphatic heterocycles. The molecule has 0 amide bonds. The van der Waals surface area contributed by atoms with E-state index in [9.17, 15) is 0 Å². The molecule has 1 saturated heterocycles. The van der Waals surface area contributed by atoms with Crippen molar-refractivity contribution >= 4 is 11.6 Å². The van der Waals surface area contributed by atoms with E-state index in [1.807, 2.05) is 12.1 Å². The average molecular weight is 225 g/mol. The van der Waals surface area contributed by atoms with Crippen LogP contribution in [0.3, 0.4) is 0 Å². The highest BCUT2D eigenvalue weighted by atomic mass is 35.5. The van der Waals surface area contributed by atoms with Gasteiger partial charge in [-0.05, 0) is 31.7 Å². The Bertz CT molecular complexity index is 319. The number of halogens is 1. The summed E-state index contributed by atoms with van der Waals surface area (Å²) in [5, 5.41) is 4.10. The van der Waals surface area contributed by atoms with E-state index in [2.05, 4.69) is 36.3 Å². The van der Waals surface area contributed by atoms with E-state index in [1.165, 1.54) is 5.56 Å². The molecule has 0 bridgehead atoms. The van der Waals surface area contributed by atoms with Crippen molar-refractivity contribution in [3.63, 3.8) is 0 Å². The van der Waals surface area contributed by atoms with Crippen LogP contribution in [0, 0.1) is 0 Å². The van der Waals surface area contributed by atoms with Crippen LogP contribution in [0.15, 0.2) is 24.3 Å². The highest BCUT2D eigenvalue weighted by Crippen LogP contribution is 2.23. The summed E-state index contributed by atoms with van der Waals surface area (Å²) in [5.74, 6) is 0. The van der Waals surface area contributed by atoms with E-state index < -0.39 is 0 Å². The first-order valence-electron chi connectivity index (χ1n) is 5.36. The van der Waals surface area contributed by atoms with Gasteiger partial charge in [-0.1, -0.05) is 23.7 Å². The largest absolute Gasteiger partial charge is 0.314 e. The number of likely N-dealkylation sites (N-methyl/N-ethyl adjacent to an activating group) is 1. The highest BCUT2D eigenvalue weighted by molar-refractivity contribution is 6.30. The van der Waals surface area contributed by atoms with Gasteiger partial charge in [-0.25, -0.2) is 0 Å². The minimum atomic E-state index is 0.453. The fraction of sp³-hybridized carbons (Fsp3) is 0.500. The molecule has 1 unspecified atom stereocenters. The monoisotopic (exact) mass is 224 g/mol. The molecule has 0 saturated carbocycles. The van der Waals surface area contributed by atoms with E-state index in [0.29, 0.717) is 12.1 Å². The van der Waals surface area contributed by atoms with Gasteiger partial charge in [0.2, 0.25) is 0 Å². The van der Waals surface area contributed by atoms with Crippen molar-refractivity contribution in [3.8, 4) is 0 Å². The fourth-order valence-corrected chi connectivity index (χ4v) is 1.98. The molecule has 3 heteroatoms. The molecular weight excluding hydrogens is 208 g/mol. The topological polar surface area (TPSA) is 15.3 Å². The molecule has 1 fully saturated rings. The summed E-state index contributed by atoms with van der Waals surface area (Å²) in [5.41, 5.74) is 1.33. The smallest absolute Gasteiger partial charge is 0.0406 e. The maximum Gasteiger partial charge on any atom is 0.0406 e. The van der Waals surface area contributed by atoms with Crippen molar-refractivity contribution < 1.29 is 0 Å². The lowest BCUT2D eigenvalue weighted by Crippen LogP contribution is -2.56. The van der Waals surface area contributed by atoms with Crippen molar-refractivity contribution in [1.29, 1.82) is 0 Å². The zero-order chi connectivity index (χ0) is 10.8. The third-order valence-electron chi connectivity index (χ3n) is 3.30. The van der Waals surface area contributed by atoms with Gasteiger partial charge in [-0.15, -0.1) is 0 Å². The van der Waals surface area contributed by atoms with Crippen molar-refractivity contribution in [1.82, 2.24) is 10.2 Å². The molecule has 82 valence electrons. The Morgan fingerprint density at radius 2 is 1.93 bits per heavy atom. The maximum atomic E-state index is 5.87. The van der Waals surface area contributed by atoms with E-state index in [0.717, 1.165) is 18.1 Å². The molecule has 1 aromatic carbocycles. The Hall–Kier alpha value is -0.570. The zero-order valence-electron chi connectivity index (χ0n) is 9.20. The molecule has 1 aromatic rings. The fourth-order valence-electron chi connectivity index (χ4n) is 1.85. The Balaban J connectivity index is 2.05. The number of nitrogens with one attached hydrogen (secondary N) is 1. The molecule has 0 spiro atoms. The van der Waals surface area contributed by atoms with Gasteiger partial charge in [0.15, 0.2) is 0 Å². The molecule has 0 aromatic heterocycles. The third-order valence-corrected chi connectivity index (χ3v) is 3.55. The van der Waals surface area contributed by atoms with Crippen molar-refractivity contribution in [2.75, 3.05) is 20.1 Å². The summed E-state index contributed by atoms with van der Waals surface area (Å²) >= 11 is 5.87. The van der Waals surface area contributed by atoms with Crippen molar-refractivity contribution in [2.24, 2.45) is 0 Å². The Kier molecular flexibility index (Phi) is 3.29. The Morgan fingerprint density at radius 3 is 2.40 bits per heavy atom. The van der Waals surface area contributed by atoms with E-state index in [4.69, 9.17) is 11.6 Å². The minimum Gasteiger partial charge on any atom is -0.314 e. The second-order valence-corrected chi connectivity index (χ2v) is 4.64. The summed E-state index contributed by atoms with van der Waals surface area (Å²) in [7, 11) is 2.19. The van der Waals surface area contributed by atoms with Crippen molar-refractivity contribution in [3.05, 3.63) is 34.9 Å². The van der Waals surface area contributed by atoms with Crippen LogP contribution in [0.4, 0.5) is 0 Å². The lowest BCUT2D eigenvalue weighted by Gasteiger charge is -2.39. The first-order valence-corrected chi connectivity index (χ1v) is 5.74. The normalized spacial score (nSPS) is 18.9. The predicted octanol–water partition coefficient (Wildman–Crippen LogP) is 2.30. The van der Waals surface area contributed by atoms with Gasteiger partial charge < -0.3 is 5.32 Å². The lowest BCUT2D eigenvalue weighted by atomic mass is 10.0. The van der Waals surface area contributed by atoms with Gasteiger partial charge in [0, 0.05) is 30.2 Å². The molecule has 15 heavy (non-hydrogen) atoms. The lowest BCUT2D eigenvalue weighted by molar-refractivity contribution is 0.136. The van der Waals surface area contributed by atoms with Crippen LogP contribution in [0.2, 0.25) is 5.02 Å². The van der Waals surface area contributed by atoms with Gasteiger partial charge in [0.05, 0.1) is 0 Å². The minimum absolute atomic E-state index is 0.453. The van der Waals surface area contributed by atoms with Crippen LogP contribution >= 0.6 is 11.6 Å². The van der Waals surface area contributed by atoms with E-state index in [-0.39, 0.29) is 0 Å². The SMILES string of the molecule is CC(c1ccc(Cl)cc1)N(C)C1CNC1. The summed E-state index contributed by atoms with van der Waals surface area (Å²) in [4.78, 5) is 2.42. The molecule has 1 aliphatic rings. The summed E-state index contributed by atoms with van der Waals surface area (Å²) in [6.07, 6.45) is 0. The first-order chi connectivity index (χ1) is 7.18. The molecule has 0 radical (unpaired) electrons. The second-order valence-electron chi connectivity index (χ2n) is 4.21. The molecule has 2 nitrogen and oxygen atoms in total. The molecule has 1 atom stereocenters. The van der Waals surface area contributed by atoms with Crippen LogP contribution in [-0.2, 0) is 0 Å². The van der Waals surface area contributed by atoms with Crippen LogP contribution < -0.4 is 5.32 Å². The van der Waals surface area contributed by atoms with Crippen molar-refractivity contribution in [2.45, 2.75) is 19.0 Å². The number of hydrogen-bond acceptors (Lipinski definition) is 2. The predicted molar refractivity (Wildman–Crippen MR) is 64.3 cm³/mol. The van der Waals surface area contributed by atoms with Gasteiger partial charge in [-0.3, -0.25) is 4.90 Å². The second kappa shape index (κ2) is 4.52. The first kappa shape index (κ1) is 10.9. The zero-order valence-corrected chi connectivity index (χ0v) is 9.96. The number of hydrogen-bond donors (Lipinski definition) is 1. The number of benzene rings is 1. The summed E-state index contributed by atoms with van der Waals surface area (Å²) in [6, 6.07) is 9.26. The summed E-state index contributed by atoms with van der Waals surface area (Å²) in [6.45, 7) is 4.45. The molecule has 1 N–H and O–H groups in total. The number of nitrogens with zero attached hydrogens (tertiary/aromatic N) is 1. The van der Waals surface area contributed by atoms with Crippen LogP contribution in [0.1, 0.15) is 18.5 Å². The van der Waals surface area contributed by atoms with Gasteiger partial charge in [-0.2, -0.15) is 0 Å². The number of rotatable bonds is 3. The highest BCUT2D eigenvalue weighted by Gasteiger charge is 2.25. The molecule has 1 heterocycles. The summed E-state index contributed by atoms with van der Waals surface area (Å²) < 4.78 is 0. The molecule has 2 rings (SSSR count). The quantitative estimate of drug-likeness (QED) is 0.848. The van der Waals surface area contributed by atoms with Gasteiger partial charge >= 0.3 is 0 Å². The van der Waals surface area contributed by atoms with Crippen LogP contribution in [0.5, 0.6) is 0 Å². The van der Waals surface area contributed by atoms with E-state index in [1.54, 1.807) is 0 Å². The Labute approximate surface area is 96.2 Å². The average Bonchev–Trinajstić information content (AvgIpc) is 2.15. The standard InChI is InChI=1S/C12H17ClN2/c1-9(15(2)12-7-14-8-12)10-3-5-11(13)6-4-10/h3-6,9,12,14H,7-8H2,1-2H3. The third kappa shape index (κ3) is 2.33. The van der Waals surface area contributed by atoms with E-state index >= 15 is 0 Å². The molecule has 0 aliphatic carbocycles. The van der Waals surface area contributed by atoms with Gasteiger partial charge in [0.1, 0.15) is 0 Å². The van der Waals surface area contributed by atoms with Crippen LogP contribution in [0.25, 0.3) is 0 Å². The maximum absolute atomic E-state index is 5.87. The Morgan fingerprint density at radius 1 is 1.33 bits per heavy atom. The van der Waals surface area contributed by atoms with Gasteiger partial charge in [0.25, 0.3) is 0 Å².